The summed E-state index contributed by atoms with van der Waals surface area (Å²) in [6.45, 7) is 0. The number of hydrogen-bond acceptors (Lipinski definition) is 3. The lowest BCUT2D eigenvalue weighted by molar-refractivity contribution is -0.384. The molecule has 0 radical (unpaired) electrons. The van der Waals surface area contributed by atoms with Gasteiger partial charge < -0.3 is 4.79 Å². The highest BCUT2D eigenvalue weighted by Crippen LogP contribution is 2.35. The summed E-state index contributed by atoms with van der Waals surface area (Å²) in [5.74, 6) is -0.222. The summed E-state index contributed by atoms with van der Waals surface area (Å²) in [5, 5.41) is 10.7. The first-order valence-corrected chi connectivity index (χ1v) is 7.17. The van der Waals surface area contributed by atoms with E-state index in [0.717, 1.165) is 35.8 Å². The van der Waals surface area contributed by atoms with E-state index < -0.39 is 4.92 Å². The Bertz CT molecular complexity index is 747. The maximum Gasteiger partial charge on any atom is 0.269 e. The van der Waals surface area contributed by atoms with E-state index in [1.165, 1.54) is 17.7 Å². The van der Waals surface area contributed by atoms with Crippen LogP contribution in [0.25, 0.3) is 6.08 Å². The van der Waals surface area contributed by atoms with E-state index in [-0.39, 0.29) is 11.6 Å². The predicted octanol–water partition coefficient (Wildman–Crippen LogP) is 3.91. The molecule has 3 rings (SSSR count). The van der Waals surface area contributed by atoms with Gasteiger partial charge in [0.2, 0.25) is 0 Å². The Hall–Kier alpha value is -2.75. The second-order valence-electron chi connectivity index (χ2n) is 5.38. The lowest BCUT2D eigenvalue weighted by Gasteiger charge is -2.24. The third kappa shape index (κ3) is 2.68. The molecule has 0 N–H and O–H groups in total. The first-order chi connectivity index (χ1) is 10.7. The van der Waals surface area contributed by atoms with Crippen LogP contribution < -0.4 is 0 Å². The number of nitrogens with zero attached hydrogens (tertiary/aromatic N) is 1. The second-order valence-corrected chi connectivity index (χ2v) is 5.38. The quantitative estimate of drug-likeness (QED) is 0.490. The van der Waals surface area contributed by atoms with Crippen LogP contribution in [-0.4, -0.2) is 11.2 Å². The van der Waals surface area contributed by atoms with Crippen LogP contribution in [0.2, 0.25) is 0 Å². The zero-order valence-electron chi connectivity index (χ0n) is 11.9. The highest BCUT2D eigenvalue weighted by atomic mass is 16.6. The SMILES string of the molecule is O=CC1C(=Cc2ccc([N+](=O)[O-])cc2)CCc2ccccc21. The molecular formula is C18H15NO3. The molecule has 4 nitrogen and oxygen atoms in total. The molecule has 4 heteroatoms. The fraction of sp³-hybridized carbons (Fsp3) is 0.167. The third-order valence-corrected chi connectivity index (χ3v) is 4.06. The molecule has 1 unspecified atom stereocenters. The summed E-state index contributed by atoms with van der Waals surface area (Å²) in [6.07, 6.45) is 4.70. The Morgan fingerprint density at radius 3 is 2.45 bits per heavy atom. The van der Waals surface area contributed by atoms with Crippen molar-refractivity contribution in [3.63, 3.8) is 0 Å². The average Bonchev–Trinajstić information content (AvgIpc) is 2.55. The average molecular weight is 293 g/mol. The number of nitro benzene ring substituents is 1. The maximum atomic E-state index is 11.5. The van der Waals surface area contributed by atoms with Crippen molar-refractivity contribution in [1.29, 1.82) is 0 Å². The first kappa shape index (κ1) is 14.2. The highest BCUT2D eigenvalue weighted by molar-refractivity contribution is 5.74. The van der Waals surface area contributed by atoms with Crippen molar-refractivity contribution in [3.8, 4) is 0 Å². The first-order valence-electron chi connectivity index (χ1n) is 7.17. The van der Waals surface area contributed by atoms with Gasteiger partial charge in [0.25, 0.3) is 5.69 Å². The molecule has 110 valence electrons. The molecule has 0 amide bonds. The lowest BCUT2D eigenvalue weighted by Crippen LogP contribution is -2.13. The number of hydrogen-bond donors (Lipinski definition) is 0. The number of carbonyl (C=O) groups is 1. The molecule has 2 aromatic carbocycles. The van der Waals surface area contributed by atoms with Gasteiger partial charge in [0, 0.05) is 12.1 Å². The molecule has 0 fully saturated rings. The Morgan fingerprint density at radius 1 is 1.05 bits per heavy atom. The van der Waals surface area contributed by atoms with Crippen LogP contribution in [0.3, 0.4) is 0 Å². The van der Waals surface area contributed by atoms with Crippen LogP contribution in [-0.2, 0) is 11.2 Å². The number of non-ortho nitro benzene ring substituents is 1. The molecule has 0 bridgehead atoms. The van der Waals surface area contributed by atoms with Crippen molar-refractivity contribution < 1.29 is 9.72 Å². The molecule has 1 aliphatic carbocycles. The normalized spacial score (nSPS) is 18.7. The minimum absolute atomic E-state index is 0.0723. The number of aldehydes is 1. The molecule has 0 saturated carbocycles. The molecule has 0 saturated heterocycles. The third-order valence-electron chi connectivity index (χ3n) is 4.06. The number of rotatable bonds is 3. The van der Waals surface area contributed by atoms with Gasteiger partial charge in [-0.2, -0.15) is 0 Å². The summed E-state index contributed by atoms with van der Waals surface area (Å²) >= 11 is 0. The summed E-state index contributed by atoms with van der Waals surface area (Å²) in [6, 6.07) is 14.4. The van der Waals surface area contributed by atoms with Gasteiger partial charge >= 0.3 is 0 Å². The zero-order valence-corrected chi connectivity index (χ0v) is 11.9. The van der Waals surface area contributed by atoms with E-state index in [1.54, 1.807) is 12.1 Å². The van der Waals surface area contributed by atoms with Crippen molar-refractivity contribution in [3.05, 3.63) is 80.9 Å². The maximum absolute atomic E-state index is 11.5. The second kappa shape index (κ2) is 5.93. The van der Waals surface area contributed by atoms with E-state index >= 15 is 0 Å². The van der Waals surface area contributed by atoms with Gasteiger partial charge in [-0.25, -0.2) is 0 Å². The molecule has 22 heavy (non-hydrogen) atoms. The van der Waals surface area contributed by atoms with Crippen molar-refractivity contribution in [1.82, 2.24) is 0 Å². The smallest absolute Gasteiger partial charge is 0.269 e. The zero-order chi connectivity index (χ0) is 15.5. The molecule has 1 aliphatic rings. The monoisotopic (exact) mass is 293 g/mol. The summed E-state index contributed by atoms with van der Waals surface area (Å²) in [5.41, 5.74) is 4.30. The molecule has 0 aliphatic heterocycles. The van der Waals surface area contributed by atoms with E-state index in [9.17, 15) is 14.9 Å². The predicted molar refractivity (Wildman–Crippen MR) is 84.6 cm³/mol. The van der Waals surface area contributed by atoms with Crippen molar-refractivity contribution in [2.75, 3.05) is 0 Å². The Balaban J connectivity index is 1.94. The van der Waals surface area contributed by atoms with Crippen LogP contribution in [0.1, 0.15) is 29.0 Å². The fourth-order valence-electron chi connectivity index (χ4n) is 2.93. The number of allylic oxidation sites excluding steroid dienone is 1. The van der Waals surface area contributed by atoms with E-state index in [0.29, 0.717) is 0 Å². The van der Waals surface area contributed by atoms with Gasteiger partial charge in [0.15, 0.2) is 0 Å². The highest BCUT2D eigenvalue weighted by Gasteiger charge is 2.23. The summed E-state index contributed by atoms with van der Waals surface area (Å²) < 4.78 is 0. The molecule has 0 aromatic heterocycles. The minimum Gasteiger partial charge on any atom is -0.302 e. The Morgan fingerprint density at radius 2 is 1.77 bits per heavy atom. The van der Waals surface area contributed by atoms with Gasteiger partial charge in [0.05, 0.1) is 10.8 Å². The van der Waals surface area contributed by atoms with Crippen LogP contribution in [0.5, 0.6) is 0 Å². The molecule has 0 heterocycles. The Kier molecular flexibility index (Phi) is 3.83. The molecular weight excluding hydrogens is 278 g/mol. The van der Waals surface area contributed by atoms with Gasteiger partial charge in [-0.3, -0.25) is 10.1 Å². The van der Waals surface area contributed by atoms with Crippen LogP contribution in [0.15, 0.2) is 54.1 Å². The van der Waals surface area contributed by atoms with Crippen LogP contribution in [0.4, 0.5) is 5.69 Å². The molecule has 0 spiro atoms. The van der Waals surface area contributed by atoms with Crippen molar-refractivity contribution in [2.24, 2.45) is 0 Å². The number of carbonyl (C=O) groups excluding carboxylic acids is 1. The largest absolute Gasteiger partial charge is 0.302 e. The molecule has 2 aromatic rings. The number of nitro groups is 1. The van der Waals surface area contributed by atoms with Crippen molar-refractivity contribution >= 4 is 18.0 Å². The van der Waals surface area contributed by atoms with Crippen LogP contribution in [0, 0.1) is 10.1 Å². The van der Waals surface area contributed by atoms with Crippen LogP contribution >= 0.6 is 0 Å². The van der Waals surface area contributed by atoms with E-state index in [4.69, 9.17) is 0 Å². The molecule has 1 atom stereocenters. The van der Waals surface area contributed by atoms with Gasteiger partial charge in [0.1, 0.15) is 6.29 Å². The number of fused-ring (bicyclic) bond motifs is 1. The van der Waals surface area contributed by atoms with Gasteiger partial charge in [-0.05, 0) is 41.7 Å². The van der Waals surface area contributed by atoms with E-state index in [1.807, 2.05) is 24.3 Å². The van der Waals surface area contributed by atoms with Gasteiger partial charge in [-0.15, -0.1) is 0 Å². The fourth-order valence-corrected chi connectivity index (χ4v) is 2.93. The van der Waals surface area contributed by atoms with E-state index in [2.05, 4.69) is 6.07 Å². The summed E-state index contributed by atoms with van der Waals surface area (Å²) in [7, 11) is 0. The lowest BCUT2D eigenvalue weighted by atomic mass is 9.79. The van der Waals surface area contributed by atoms with Gasteiger partial charge in [-0.1, -0.05) is 35.9 Å². The topological polar surface area (TPSA) is 60.2 Å². The standard InChI is InChI=1S/C18H15NO3/c20-12-18-15(8-7-14-3-1-2-4-17(14)18)11-13-5-9-16(10-6-13)19(21)22/h1-6,9-12,18H,7-8H2. The number of benzene rings is 2. The Labute approximate surface area is 128 Å². The van der Waals surface area contributed by atoms with Crippen molar-refractivity contribution in [2.45, 2.75) is 18.8 Å². The number of aryl methyl sites for hydroxylation is 1. The minimum atomic E-state index is -0.415. The summed E-state index contributed by atoms with van der Waals surface area (Å²) in [4.78, 5) is 21.8.